The van der Waals surface area contributed by atoms with E-state index in [2.05, 4.69) is 0 Å². The maximum absolute atomic E-state index is 12.8. The molecule has 0 aliphatic carbocycles. The number of carbonyl (C=O) groups is 3. The number of esters is 3. The van der Waals surface area contributed by atoms with Crippen LogP contribution in [0.5, 0.6) is 0 Å². The van der Waals surface area contributed by atoms with E-state index in [1.54, 1.807) is 24.3 Å². The van der Waals surface area contributed by atoms with Crippen molar-refractivity contribution < 1.29 is 28.6 Å². The summed E-state index contributed by atoms with van der Waals surface area (Å²) in [5.41, 5.74) is 0.596. The highest BCUT2D eigenvalue weighted by atomic mass is 16.6. The van der Waals surface area contributed by atoms with Crippen molar-refractivity contribution in [3.8, 4) is 0 Å². The Morgan fingerprint density at radius 3 is 2.48 bits per heavy atom. The predicted octanol–water partition coefficient (Wildman–Crippen LogP) is 2.86. The van der Waals surface area contributed by atoms with Gasteiger partial charge in [0, 0.05) is 0 Å². The van der Waals surface area contributed by atoms with Crippen molar-refractivity contribution in [3.63, 3.8) is 0 Å². The third kappa shape index (κ3) is 3.56. The van der Waals surface area contributed by atoms with Gasteiger partial charge in [0.05, 0.1) is 26.2 Å². The smallest absolute Gasteiger partial charge is 0.337 e. The lowest BCUT2D eigenvalue weighted by molar-refractivity contribution is -0.157. The van der Waals surface area contributed by atoms with Crippen molar-refractivity contribution in [3.05, 3.63) is 71.3 Å². The molecular formula is C21H20O6. The Hall–Kier alpha value is -3.15. The monoisotopic (exact) mass is 368 g/mol. The summed E-state index contributed by atoms with van der Waals surface area (Å²) in [6, 6.07) is 15.9. The Kier molecular flexibility index (Phi) is 5.26. The van der Waals surface area contributed by atoms with E-state index in [4.69, 9.17) is 14.2 Å². The number of rotatable bonds is 5. The minimum absolute atomic E-state index is 0.0955. The van der Waals surface area contributed by atoms with Gasteiger partial charge in [0.1, 0.15) is 11.5 Å². The second-order valence-electron chi connectivity index (χ2n) is 6.47. The van der Waals surface area contributed by atoms with Crippen molar-refractivity contribution in [2.45, 2.75) is 18.9 Å². The molecule has 1 aliphatic heterocycles. The first kappa shape index (κ1) is 18.6. The lowest BCUT2D eigenvalue weighted by Crippen LogP contribution is -2.37. The largest absolute Gasteiger partial charge is 0.468 e. The Morgan fingerprint density at radius 2 is 1.81 bits per heavy atom. The Morgan fingerprint density at radius 1 is 1.07 bits per heavy atom. The number of ether oxygens (including phenoxy) is 3. The maximum Gasteiger partial charge on any atom is 0.337 e. The van der Waals surface area contributed by atoms with Crippen molar-refractivity contribution in [1.82, 2.24) is 0 Å². The van der Waals surface area contributed by atoms with Gasteiger partial charge in [-0.15, -0.1) is 0 Å². The molecule has 2 aromatic rings. The molecule has 6 nitrogen and oxygen atoms in total. The first-order valence-corrected chi connectivity index (χ1v) is 8.50. The molecule has 0 radical (unpaired) electrons. The fourth-order valence-corrected chi connectivity index (χ4v) is 3.55. The van der Waals surface area contributed by atoms with Crippen molar-refractivity contribution in [2.24, 2.45) is 5.41 Å². The second-order valence-corrected chi connectivity index (χ2v) is 6.47. The highest BCUT2D eigenvalue weighted by molar-refractivity contribution is 5.90. The van der Waals surface area contributed by atoms with Crippen LogP contribution in [-0.4, -0.2) is 32.1 Å². The van der Waals surface area contributed by atoms with Gasteiger partial charge in [-0.1, -0.05) is 42.5 Å². The quantitative estimate of drug-likeness (QED) is 0.596. The van der Waals surface area contributed by atoms with Crippen LogP contribution >= 0.6 is 0 Å². The molecule has 1 saturated heterocycles. The molecule has 0 bridgehead atoms. The molecule has 140 valence electrons. The van der Waals surface area contributed by atoms with Crippen LogP contribution in [0.3, 0.4) is 0 Å². The number of carbonyl (C=O) groups excluding carboxylic acids is 3. The van der Waals surface area contributed by atoms with Crippen LogP contribution in [0, 0.1) is 5.41 Å². The first-order chi connectivity index (χ1) is 13.0. The van der Waals surface area contributed by atoms with Gasteiger partial charge >= 0.3 is 17.9 Å². The lowest BCUT2D eigenvalue weighted by Gasteiger charge is -2.30. The summed E-state index contributed by atoms with van der Waals surface area (Å²) in [7, 11) is 2.60. The molecule has 27 heavy (non-hydrogen) atoms. The van der Waals surface area contributed by atoms with Gasteiger partial charge in [-0.25, -0.2) is 4.79 Å². The van der Waals surface area contributed by atoms with Crippen molar-refractivity contribution in [2.75, 3.05) is 14.2 Å². The van der Waals surface area contributed by atoms with Gasteiger partial charge in [-0.3, -0.25) is 9.59 Å². The van der Waals surface area contributed by atoms with Gasteiger partial charge in [0.2, 0.25) is 0 Å². The molecule has 1 aliphatic rings. The zero-order valence-corrected chi connectivity index (χ0v) is 15.1. The molecule has 0 spiro atoms. The summed E-state index contributed by atoms with van der Waals surface area (Å²) < 4.78 is 15.3. The maximum atomic E-state index is 12.8. The molecule has 0 aromatic heterocycles. The van der Waals surface area contributed by atoms with E-state index in [0.717, 1.165) is 5.56 Å². The minimum Gasteiger partial charge on any atom is -0.468 e. The van der Waals surface area contributed by atoms with Gasteiger partial charge < -0.3 is 14.2 Å². The predicted molar refractivity (Wildman–Crippen MR) is 95.8 cm³/mol. The first-order valence-electron chi connectivity index (χ1n) is 8.50. The molecule has 2 unspecified atom stereocenters. The molecule has 0 N–H and O–H groups in total. The highest BCUT2D eigenvalue weighted by Crippen LogP contribution is 2.49. The van der Waals surface area contributed by atoms with Crippen LogP contribution in [0.1, 0.15) is 34.0 Å². The highest BCUT2D eigenvalue weighted by Gasteiger charge is 2.56. The molecular weight excluding hydrogens is 348 g/mol. The summed E-state index contributed by atoms with van der Waals surface area (Å²) in [6.45, 7) is 0. The van der Waals surface area contributed by atoms with Gasteiger partial charge in [-0.05, 0) is 29.7 Å². The van der Waals surface area contributed by atoms with Crippen LogP contribution in [-0.2, 0) is 30.2 Å². The number of hydrogen-bond acceptors (Lipinski definition) is 6. The standard InChI is InChI=1S/C21H20O6/c1-25-19(23)16-10-6-7-14(11-16)12-21(20(24)26-2)13-17(22)27-18(21)15-8-4-3-5-9-15/h3-11,18H,12-13H2,1-2H3. The van der Waals surface area contributed by atoms with Crippen molar-refractivity contribution in [1.29, 1.82) is 0 Å². The van der Waals surface area contributed by atoms with E-state index in [1.165, 1.54) is 14.2 Å². The van der Waals surface area contributed by atoms with Crippen LogP contribution in [0.15, 0.2) is 54.6 Å². The molecule has 0 amide bonds. The second kappa shape index (κ2) is 7.61. The molecule has 2 aromatic carbocycles. The van der Waals surface area contributed by atoms with Gasteiger partial charge in [0.25, 0.3) is 0 Å². The molecule has 2 atom stereocenters. The summed E-state index contributed by atoms with van der Waals surface area (Å²) in [6.07, 6.45) is -0.669. The lowest BCUT2D eigenvalue weighted by atomic mass is 9.73. The normalized spacial score (nSPS) is 21.4. The van der Waals surface area contributed by atoms with Crippen LogP contribution in [0.2, 0.25) is 0 Å². The topological polar surface area (TPSA) is 78.9 Å². The fraction of sp³-hybridized carbons (Fsp3) is 0.286. The third-order valence-corrected chi connectivity index (χ3v) is 4.77. The van der Waals surface area contributed by atoms with E-state index >= 15 is 0 Å². The Bertz CT molecular complexity index is 860. The van der Waals surface area contributed by atoms with E-state index in [-0.39, 0.29) is 12.8 Å². The molecule has 0 saturated carbocycles. The van der Waals surface area contributed by atoms with Crippen LogP contribution < -0.4 is 0 Å². The fourth-order valence-electron chi connectivity index (χ4n) is 3.55. The Labute approximate surface area is 157 Å². The summed E-state index contributed by atoms with van der Waals surface area (Å²) in [4.78, 5) is 36.8. The van der Waals surface area contributed by atoms with E-state index in [9.17, 15) is 14.4 Å². The summed E-state index contributed by atoms with van der Waals surface area (Å²) in [5.74, 6) is -1.45. The minimum atomic E-state index is -1.21. The van der Waals surface area contributed by atoms with E-state index < -0.39 is 29.4 Å². The number of methoxy groups -OCH3 is 2. The zero-order chi connectivity index (χ0) is 19.4. The molecule has 1 fully saturated rings. The van der Waals surface area contributed by atoms with Crippen LogP contribution in [0.4, 0.5) is 0 Å². The molecule has 6 heteroatoms. The van der Waals surface area contributed by atoms with Gasteiger partial charge in [-0.2, -0.15) is 0 Å². The molecule has 3 rings (SSSR count). The number of cyclic esters (lactones) is 1. The average molecular weight is 368 g/mol. The summed E-state index contributed by atoms with van der Waals surface area (Å²) in [5, 5.41) is 0. The SMILES string of the molecule is COC(=O)c1cccc(CC2(C(=O)OC)CC(=O)OC2c2ccccc2)c1. The van der Waals surface area contributed by atoms with E-state index in [1.807, 2.05) is 30.3 Å². The average Bonchev–Trinajstić information content (AvgIpc) is 3.04. The zero-order valence-electron chi connectivity index (χ0n) is 15.1. The number of hydrogen-bond donors (Lipinski definition) is 0. The third-order valence-electron chi connectivity index (χ3n) is 4.77. The number of benzene rings is 2. The van der Waals surface area contributed by atoms with E-state index in [0.29, 0.717) is 11.1 Å². The molecule has 1 heterocycles. The Balaban J connectivity index is 2.04. The van der Waals surface area contributed by atoms with Gasteiger partial charge in [0.15, 0.2) is 0 Å². The summed E-state index contributed by atoms with van der Waals surface area (Å²) >= 11 is 0. The van der Waals surface area contributed by atoms with Crippen LogP contribution in [0.25, 0.3) is 0 Å². The van der Waals surface area contributed by atoms with Crippen molar-refractivity contribution >= 4 is 17.9 Å².